The van der Waals surface area contributed by atoms with Crippen molar-refractivity contribution in [2.75, 3.05) is 30.9 Å². The highest BCUT2D eigenvalue weighted by atomic mass is 16.5. The predicted molar refractivity (Wildman–Crippen MR) is 80.8 cm³/mol. The van der Waals surface area contributed by atoms with Gasteiger partial charge in [0.25, 0.3) is 0 Å². The van der Waals surface area contributed by atoms with Crippen molar-refractivity contribution in [1.82, 2.24) is 0 Å². The van der Waals surface area contributed by atoms with Gasteiger partial charge in [0.1, 0.15) is 0 Å². The summed E-state index contributed by atoms with van der Waals surface area (Å²) in [6.45, 7) is 3.57. The van der Waals surface area contributed by atoms with Crippen molar-refractivity contribution in [3.05, 3.63) is 23.8 Å². The van der Waals surface area contributed by atoms with Crippen molar-refractivity contribution in [3.8, 4) is 0 Å². The van der Waals surface area contributed by atoms with Gasteiger partial charge in [0.15, 0.2) is 0 Å². The van der Waals surface area contributed by atoms with Crippen LogP contribution in [-0.2, 0) is 4.74 Å². The highest BCUT2D eigenvalue weighted by Gasteiger charge is 2.32. The fourth-order valence-electron chi connectivity index (χ4n) is 2.51. The van der Waals surface area contributed by atoms with E-state index in [0.717, 1.165) is 12.2 Å². The second kappa shape index (κ2) is 6.13. The molecule has 20 heavy (non-hydrogen) atoms. The van der Waals surface area contributed by atoms with E-state index in [0.29, 0.717) is 29.8 Å². The molecule has 0 saturated heterocycles. The molecule has 1 aromatic carbocycles. The number of carbonyl (C=O) groups excluding carboxylic acids is 1. The van der Waals surface area contributed by atoms with E-state index in [4.69, 9.17) is 16.2 Å². The van der Waals surface area contributed by atoms with Crippen LogP contribution in [0.3, 0.4) is 0 Å². The third-order valence-electron chi connectivity index (χ3n) is 3.96. The molecule has 0 heterocycles. The third kappa shape index (κ3) is 3.22. The Hall–Kier alpha value is -1.75. The Balaban J connectivity index is 2.30. The van der Waals surface area contributed by atoms with Crippen molar-refractivity contribution in [2.45, 2.75) is 25.8 Å². The van der Waals surface area contributed by atoms with Crippen LogP contribution in [0.5, 0.6) is 0 Å². The largest absolute Gasteiger partial charge is 0.397 e. The molecule has 4 N–H and O–H groups in total. The second-order valence-corrected chi connectivity index (χ2v) is 5.40. The van der Waals surface area contributed by atoms with Crippen LogP contribution in [0.1, 0.15) is 30.1 Å². The molecule has 5 heteroatoms. The summed E-state index contributed by atoms with van der Waals surface area (Å²) in [7, 11) is 1.68. The maximum Gasteiger partial charge on any atom is 0.248 e. The van der Waals surface area contributed by atoms with Crippen molar-refractivity contribution in [3.63, 3.8) is 0 Å². The molecule has 1 saturated carbocycles. The Labute approximate surface area is 119 Å². The number of benzene rings is 1. The van der Waals surface area contributed by atoms with E-state index in [-0.39, 0.29) is 0 Å². The number of primary amides is 1. The molecule has 0 spiro atoms. The number of methoxy groups -OCH3 is 1. The maximum absolute atomic E-state index is 11.4. The number of anilines is 2. The minimum Gasteiger partial charge on any atom is -0.397 e. The van der Waals surface area contributed by atoms with Gasteiger partial charge in [0, 0.05) is 25.3 Å². The highest BCUT2D eigenvalue weighted by Crippen LogP contribution is 2.38. The number of hydrogen-bond acceptors (Lipinski definition) is 4. The molecule has 1 amide bonds. The van der Waals surface area contributed by atoms with Gasteiger partial charge in [-0.2, -0.15) is 0 Å². The lowest BCUT2D eigenvalue weighted by Crippen LogP contribution is -2.38. The van der Waals surface area contributed by atoms with Gasteiger partial charge in [0.2, 0.25) is 5.91 Å². The number of rotatable bonds is 7. The van der Waals surface area contributed by atoms with Crippen LogP contribution in [0.2, 0.25) is 0 Å². The molecule has 1 unspecified atom stereocenters. The van der Waals surface area contributed by atoms with Gasteiger partial charge in [-0.05, 0) is 43.9 Å². The third-order valence-corrected chi connectivity index (χ3v) is 3.96. The zero-order chi connectivity index (χ0) is 14.7. The highest BCUT2D eigenvalue weighted by molar-refractivity contribution is 5.95. The minimum atomic E-state index is -0.433. The van der Waals surface area contributed by atoms with E-state index >= 15 is 0 Å². The zero-order valence-electron chi connectivity index (χ0n) is 12.1. The number of carbonyl (C=O) groups is 1. The van der Waals surface area contributed by atoms with Crippen molar-refractivity contribution >= 4 is 17.3 Å². The zero-order valence-corrected chi connectivity index (χ0v) is 12.1. The standard InChI is InChI=1S/C15H23N3O2/c1-10(11-3-4-11)18(7-8-20-2)14-9-12(15(17)19)5-6-13(14)16/h5-6,9-11H,3-4,7-8,16H2,1-2H3,(H2,17,19). The summed E-state index contributed by atoms with van der Waals surface area (Å²) in [4.78, 5) is 13.6. The fourth-order valence-corrected chi connectivity index (χ4v) is 2.51. The number of ether oxygens (including phenoxy) is 1. The molecule has 0 aromatic heterocycles. The Kier molecular flexibility index (Phi) is 4.49. The molecule has 1 fully saturated rings. The molecular weight excluding hydrogens is 254 g/mol. The predicted octanol–water partition coefficient (Wildman–Crippen LogP) is 1.62. The maximum atomic E-state index is 11.4. The molecule has 1 aliphatic rings. The topological polar surface area (TPSA) is 81.6 Å². The Morgan fingerprint density at radius 1 is 1.50 bits per heavy atom. The average Bonchev–Trinajstić information content (AvgIpc) is 3.24. The lowest BCUT2D eigenvalue weighted by Gasteiger charge is -2.32. The Bertz CT molecular complexity index is 486. The molecule has 0 bridgehead atoms. The summed E-state index contributed by atoms with van der Waals surface area (Å²) in [5.41, 5.74) is 13.5. The molecule has 1 aromatic rings. The van der Waals surface area contributed by atoms with Gasteiger partial charge in [-0.3, -0.25) is 4.79 Å². The summed E-state index contributed by atoms with van der Waals surface area (Å²) >= 11 is 0. The van der Waals surface area contributed by atoms with Crippen LogP contribution >= 0.6 is 0 Å². The average molecular weight is 277 g/mol. The van der Waals surface area contributed by atoms with E-state index in [2.05, 4.69) is 11.8 Å². The van der Waals surface area contributed by atoms with Crippen molar-refractivity contribution in [1.29, 1.82) is 0 Å². The quantitative estimate of drug-likeness (QED) is 0.742. The Morgan fingerprint density at radius 2 is 2.20 bits per heavy atom. The normalized spacial score (nSPS) is 15.9. The van der Waals surface area contributed by atoms with Crippen LogP contribution < -0.4 is 16.4 Å². The smallest absolute Gasteiger partial charge is 0.248 e. The van der Waals surface area contributed by atoms with Gasteiger partial charge in [-0.15, -0.1) is 0 Å². The van der Waals surface area contributed by atoms with Crippen LogP contribution in [-0.4, -0.2) is 32.2 Å². The van der Waals surface area contributed by atoms with Gasteiger partial charge in [-0.1, -0.05) is 0 Å². The van der Waals surface area contributed by atoms with Crippen LogP contribution in [0.4, 0.5) is 11.4 Å². The molecule has 1 atom stereocenters. The van der Waals surface area contributed by atoms with E-state index in [1.807, 2.05) is 0 Å². The summed E-state index contributed by atoms with van der Waals surface area (Å²) in [6, 6.07) is 5.58. The Morgan fingerprint density at radius 3 is 2.75 bits per heavy atom. The first-order valence-electron chi connectivity index (χ1n) is 6.99. The molecule has 2 rings (SSSR count). The molecule has 0 aliphatic heterocycles. The number of nitrogens with zero attached hydrogens (tertiary/aromatic N) is 1. The monoisotopic (exact) mass is 277 g/mol. The SMILES string of the molecule is COCCN(c1cc(C(N)=O)ccc1N)C(C)C1CC1. The number of nitrogen functional groups attached to an aromatic ring is 1. The van der Waals surface area contributed by atoms with E-state index in [1.165, 1.54) is 12.8 Å². The molecule has 110 valence electrons. The van der Waals surface area contributed by atoms with E-state index < -0.39 is 5.91 Å². The fraction of sp³-hybridized carbons (Fsp3) is 0.533. The van der Waals surface area contributed by atoms with Gasteiger partial charge < -0.3 is 21.1 Å². The number of nitrogens with two attached hydrogens (primary N) is 2. The lowest BCUT2D eigenvalue weighted by atomic mass is 10.1. The van der Waals surface area contributed by atoms with Crippen molar-refractivity contribution in [2.24, 2.45) is 11.7 Å². The summed E-state index contributed by atoms with van der Waals surface area (Å²) in [5.74, 6) is 0.264. The second-order valence-electron chi connectivity index (χ2n) is 5.40. The van der Waals surface area contributed by atoms with E-state index in [9.17, 15) is 4.79 Å². The number of hydrogen-bond donors (Lipinski definition) is 2. The van der Waals surface area contributed by atoms with Gasteiger partial charge in [-0.25, -0.2) is 0 Å². The molecule has 5 nitrogen and oxygen atoms in total. The summed E-state index contributed by atoms with van der Waals surface area (Å²) < 4.78 is 5.19. The van der Waals surface area contributed by atoms with Crippen molar-refractivity contribution < 1.29 is 9.53 Å². The van der Waals surface area contributed by atoms with Crippen LogP contribution in [0.15, 0.2) is 18.2 Å². The first kappa shape index (κ1) is 14.7. The first-order chi connectivity index (χ1) is 9.54. The van der Waals surface area contributed by atoms with Crippen LogP contribution in [0.25, 0.3) is 0 Å². The summed E-state index contributed by atoms with van der Waals surface area (Å²) in [5, 5.41) is 0. The van der Waals surface area contributed by atoms with E-state index in [1.54, 1.807) is 25.3 Å². The molecule has 0 radical (unpaired) electrons. The molecule has 1 aliphatic carbocycles. The van der Waals surface area contributed by atoms with Crippen LogP contribution in [0, 0.1) is 5.92 Å². The lowest BCUT2D eigenvalue weighted by molar-refractivity contribution is 0.100. The van der Waals surface area contributed by atoms with Gasteiger partial charge in [0.05, 0.1) is 18.0 Å². The minimum absolute atomic E-state index is 0.385. The number of amides is 1. The van der Waals surface area contributed by atoms with Gasteiger partial charge >= 0.3 is 0 Å². The summed E-state index contributed by atoms with van der Waals surface area (Å²) in [6.07, 6.45) is 2.50. The molecular formula is C15H23N3O2. The first-order valence-corrected chi connectivity index (χ1v) is 6.99.